The van der Waals surface area contributed by atoms with E-state index in [-0.39, 0.29) is 12.0 Å². The van der Waals surface area contributed by atoms with Crippen molar-refractivity contribution in [1.82, 2.24) is 9.88 Å². The summed E-state index contributed by atoms with van der Waals surface area (Å²) in [6.45, 7) is 0.799. The fourth-order valence-electron chi connectivity index (χ4n) is 1.84. The Hall–Kier alpha value is -2.14. The van der Waals surface area contributed by atoms with E-state index in [1.807, 2.05) is 24.3 Å². The van der Waals surface area contributed by atoms with Gasteiger partial charge >= 0.3 is 0 Å². The fraction of sp³-hybridized carbons (Fsp3) is 0.231. The lowest BCUT2D eigenvalue weighted by molar-refractivity contribution is -0.135. The number of β-amino-alcohol motifs (C(OH)–C–C–N with tert-alkyl or cyclic N) is 1. The summed E-state index contributed by atoms with van der Waals surface area (Å²) in [7, 11) is 0. The zero-order valence-corrected chi connectivity index (χ0v) is 9.61. The molecule has 1 saturated heterocycles. The highest BCUT2D eigenvalue weighted by atomic mass is 16.3. The summed E-state index contributed by atoms with van der Waals surface area (Å²) in [5, 5.41) is 9.10. The molecule has 0 saturated carbocycles. The molecule has 0 atom stereocenters. The molecule has 5 heteroatoms. The minimum atomic E-state index is -0.383. The number of amides is 1. The number of aliphatic hydroxyl groups is 1. The molecule has 18 heavy (non-hydrogen) atoms. The zero-order chi connectivity index (χ0) is 12.5. The normalized spacial score (nSPS) is 16.4. The van der Waals surface area contributed by atoms with E-state index in [1.165, 1.54) is 6.08 Å². The van der Waals surface area contributed by atoms with Crippen LogP contribution in [0.15, 0.2) is 34.8 Å². The van der Waals surface area contributed by atoms with Crippen LogP contribution in [0, 0.1) is 0 Å². The first-order valence-electron chi connectivity index (χ1n) is 5.73. The third-order valence-corrected chi connectivity index (χ3v) is 2.85. The fourth-order valence-corrected chi connectivity index (χ4v) is 1.84. The maximum absolute atomic E-state index is 11.6. The molecule has 0 spiro atoms. The largest absolute Gasteiger partial charge is 0.437 e. The van der Waals surface area contributed by atoms with Crippen molar-refractivity contribution in [2.45, 2.75) is 6.10 Å². The Labute approximate surface area is 103 Å². The van der Waals surface area contributed by atoms with Gasteiger partial charge in [-0.1, -0.05) is 12.1 Å². The van der Waals surface area contributed by atoms with Gasteiger partial charge in [-0.3, -0.25) is 4.79 Å². The first-order chi connectivity index (χ1) is 8.72. The number of carbonyl (C=O) groups is 1. The van der Waals surface area contributed by atoms with Gasteiger partial charge in [0.05, 0.1) is 6.10 Å². The van der Waals surface area contributed by atoms with Gasteiger partial charge in [0, 0.05) is 25.2 Å². The number of fused-ring (bicyclic) bond motifs is 1. The highest BCUT2D eigenvalue weighted by molar-refractivity contribution is 5.92. The van der Waals surface area contributed by atoms with Gasteiger partial charge in [-0.15, -0.1) is 0 Å². The maximum Gasteiger partial charge on any atom is 0.246 e. The number of oxazole rings is 1. The van der Waals surface area contributed by atoms with Crippen LogP contribution in [0.5, 0.6) is 0 Å². The van der Waals surface area contributed by atoms with Gasteiger partial charge in [-0.2, -0.15) is 0 Å². The van der Waals surface area contributed by atoms with E-state index in [2.05, 4.69) is 4.98 Å². The molecule has 2 heterocycles. The van der Waals surface area contributed by atoms with Crippen molar-refractivity contribution >= 4 is 23.1 Å². The second-order valence-corrected chi connectivity index (χ2v) is 4.25. The maximum atomic E-state index is 11.6. The summed E-state index contributed by atoms with van der Waals surface area (Å²) in [5.74, 6) is 0.271. The Kier molecular flexibility index (Phi) is 2.60. The number of hydrogen-bond donors (Lipinski definition) is 1. The molecule has 3 rings (SSSR count). The Morgan fingerprint density at radius 1 is 1.44 bits per heavy atom. The van der Waals surface area contributed by atoms with E-state index >= 15 is 0 Å². The van der Waals surface area contributed by atoms with Crippen molar-refractivity contribution in [3.8, 4) is 0 Å². The molecule has 1 fully saturated rings. The van der Waals surface area contributed by atoms with Crippen molar-refractivity contribution in [3.63, 3.8) is 0 Å². The lowest BCUT2D eigenvalue weighted by atomic mass is 10.1. The van der Waals surface area contributed by atoms with Crippen molar-refractivity contribution < 1.29 is 14.3 Å². The second kappa shape index (κ2) is 4.27. The van der Waals surface area contributed by atoms with Crippen LogP contribution in [0.4, 0.5) is 0 Å². The van der Waals surface area contributed by atoms with Crippen LogP contribution in [-0.4, -0.2) is 40.1 Å². The third-order valence-electron chi connectivity index (χ3n) is 2.85. The SMILES string of the molecule is O=C(C=Cc1nc2ccccc2o1)N1CC(O)C1. The van der Waals surface area contributed by atoms with E-state index in [9.17, 15) is 4.79 Å². The van der Waals surface area contributed by atoms with E-state index in [0.29, 0.717) is 24.6 Å². The lowest BCUT2D eigenvalue weighted by Gasteiger charge is -2.34. The summed E-state index contributed by atoms with van der Waals surface area (Å²) in [5.41, 5.74) is 1.47. The van der Waals surface area contributed by atoms with Crippen molar-refractivity contribution in [2.75, 3.05) is 13.1 Å². The predicted octanol–water partition coefficient (Wildman–Crippen LogP) is 1.04. The van der Waals surface area contributed by atoms with Gasteiger partial charge in [0.1, 0.15) is 5.52 Å². The van der Waals surface area contributed by atoms with Gasteiger partial charge in [0.2, 0.25) is 11.8 Å². The lowest BCUT2D eigenvalue weighted by Crippen LogP contribution is -2.52. The van der Waals surface area contributed by atoms with Crippen molar-refractivity contribution in [2.24, 2.45) is 0 Å². The average molecular weight is 244 g/mol. The van der Waals surface area contributed by atoms with Crippen LogP contribution in [0.1, 0.15) is 5.89 Å². The molecule has 1 aromatic heterocycles. The van der Waals surface area contributed by atoms with Crippen LogP contribution in [0.25, 0.3) is 17.2 Å². The highest BCUT2D eigenvalue weighted by Crippen LogP contribution is 2.16. The molecule has 0 unspecified atom stereocenters. The van der Waals surface area contributed by atoms with Crippen molar-refractivity contribution in [1.29, 1.82) is 0 Å². The molecule has 0 radical (unpaired) electrons. The molecule has 1 aliphatic heterocycles. The minimum absolute atomic E-state index is 0.137. The number of aromatic nitrogens is 1. The molecule has 1 N–H and O–H groups in total. The number of nitrogens with zero attached hydrogens (tertiary/aromatic N) is 2. The third kappa shape index (κ3) is 2.00. The quantitative estimate of drug-likeness (QED) is 0.802. The smallest absolute Gasteiger partial charge is 0.246 e. The van der Waals surface area contributed by atoms with Crippen molar-refractivity contribution in [3.05, 3.63) is 36.2 Å². The molecule has 1 aromatic carbocycles. The van der Waals surface area contributed by atoms with Gasteiger partial charge < -0.3 is 14.4 Å². The first kappa shape index (κ1) is 11.0. The van der Waals surface area contributed by atoms with Crippen LogP contribution >= 0.6 is 0 Å². The van der Waals surface area contributed by atoms with E-state index in [1.54, 1.807) is 11.0 Å². The van der Waals surface area contributed by atoms with Gasteiger partial charge in [-0.05, 0) is 12.1 Å². The number of likely N-dealkylation sites (tertiary alicyclic amines) is 1. The van der Waals surface area contributed by atoms with Gasteiger partial charge in [0.15, 0.2) is 5.58 Å². The predicted molar refractivity (Wildman–Crippen MR) is 65.6 cm³/mol. The van der Waals surface area contributed by atoms with Crippen LogP contribution in [0.2, 0.25) is 0 Å². The summed E-state index contributed by atoms with van der Waals surface area (Å²) >= 11 is 0. The number of para-hydroxylation sites is 2. The van der Waals surface area contributed by atoms with Gasteiger partial charge in [-0.25, -0.2) is 4.98 Å². The van der Waals surface area contributed by atoms with Gasteiger partial charge in [0.25, 0.3) is 0 Å². The zero-order valence-electron chi connectivity index (χ0n) is 9.61. The average Bonchev–Trinajstić information content (AvgIpc) is 2.74. The standard InChI is InChI=1S/C13H12N2O3/c16-9-7-15(8-9)13(17)6-5-12-14-10-3-1-2-4-11(10)18-12/h1-6,9,16H,7-8H2. The molecule has 1 amide bonds. The van der Waals surface area contributed by atoms with E-state index in [4.69, 9.17) is 9.52 Å². The minimum Gasteiger partial charge on any atom is -0.437 e. The summed E-state index contributed by atoms with van der Waals surface area (Å²) < 4.78 is 5.45. The summed E-state index contributed by atoms with van der Waals surface area (Å²) in [6, 6.07) is 7.43. The molecule has 1 aliphatic rings. The van der Waals surface area contributed by atoms with E-state index < -0.39 is 0 Å². The Morgan fingerprint density at radius 3 is 2.94 bits per heavy atom. The van der Waals surface area contributed by atoms with Crippen LogP contribution in [-0.2, 0) is 4.79 Å². The van der Waals surface area contributed by atoms with Crippen LogP contribution < -0.4 is 0 Å². The highest BCUT2D eigenvalue weighted by Gasteiger charge is 2.27. The number of benzene rings is 1. The Balaban J connectivity index is 1.73. The molecule has 92 valence electrons. The molecule has 0 aliphatic carbocycles. The number of aliphatic hydroxyl groups excluding tert-OH is 1. The molecular formula is C13H12N2O3. The number of carbonyl (C=O) groups excluding carboxylic acids is 1. The van der Waals surface area contributed by atoms with Crippen LogP contribution in [0.3, 0.4) is 0 Å². The van der Waals surface area contributed by atoms with E-state index in [0.717, 1.165) is 5.52 Å². The Morgan fingerprint density at radius 2 is 2.22 bits per heavy atom. The molecular weight excluding hydrogens is 232 g/mol. The molecule has 5 nitrogen and oxygen atoms in total. The Bertz CT molecular complexity index is 578. The summed E-state index contributed by atoms with van der Waals surface area (Å²) in [6.07, 6.45) is 2.58. The first-order valence-corrected chi connectivity index (χ1v) is 5.73. The second-order valence-electron chi connectivity index (χ2n) is 4.25. The number of rotatable bonds is 2. The monoisotopic (exact) mass is 244 g/mol. The topological polar surface area (TPSA) is 66.6 Å². The summed E-state index contributed by atoms with van der Waals surface area (Å²) in [4.78, 5) is 17.4. The molecule has 0 bridgehead atoms. The molecule has 2 aromatic rings. The number of hydrogen-bond acceptors (Lipinski definition) is 4.